The molecule has 0 spiro atoms. The number of hydrogen-bond acceptors (Lipinski definition) is 3. The molecule has 0 atom stereocenters. The summed E-state index contributed by atoms with van der Waals surface area (Å²) in [5.74, 6) is 0.882. The van der Waals surface area contributed by atoms with Crippen molar-refractivity contribution in [3.05, 3.63) is 59.3 Å². The maximum absolute atomic E-state index is 13.2. The molecule has 10 heteroatoms. The van der Waals surface area contributed by atoms with Crippen LogP contribution in [0.5, 0.6) is 5.75 Å². The van der Waals surface area contributed by atoms with Crippen molar-refractivity contribution in [1.29, 1.82) is 0 Å². The molecule has 0 bridgehead atoms. The molecular formula is C18H14F6N3O+. The fraction of sp³-hybridized carbons (Fsp3) is 0.222. The van der Waals surface area contributed by atoms with Gasteiger partial charge in [0.15, 0.2) is 0 Å². The zero-order valence-corrected chi connectivity index (χ0v) is 14.4. The number of halogens is 6. The number of fused-ring (bicyclic) bond motifs is 1. The van der Waals surface area contributed by atoms with E-state index in [0.717, 1.165) is 11.6 Å². The minimum absolute atomic E-state index is 0.0145. The molecule has 0 saturated carbocycles. The second-order valence-corrected chi connectivity index (χ2v) is 5.89. The Kier molecular flexibility index (Phi) is 5.05. The number of rotatable bonds is 4. The van der Waals surface area contributed by atoms with Gasteiger partial charge in [-0.15, -0.1) is 0 Å². The first-order valence-electron chi connectivity index (χ1n) is 7.96. The number of nitrogens with zero attached hydrogens (tertiary/aromatic N) is 1. The summed E-state index contributed by atoms with van der Waals surface area (Å²) in [5.41, 5.74) is -2.69. The highest BCUT2D eigenvalue weighted by Gasteiger charge is 2.41. The van der Waals surface area contributed by atoms with Crippen molar-refractivity contribution in [2.24, 2.45) is 0 Å². The molecule has 2 heterocycles. The van der Waals surface area contributed by atoms with E-state index >= 15 is 0 Å². The van der Waals surface area contributed by atoms with Crippen molar-refractivity contribution in [3.63, 3.8) is 0 Å². The molecule has 0 fully saturated rings. The van der Waals surface area contributed by atoms with Gasteiger partial charge in [0, 0.05) is 6.07 Å². The van der Waals surface area contributed by atoms with Crippen LogP contribution in [0.1, 0.15) is 16.8 Å². The summed E-state index contributed by atoms with van der Waals surface area (Å²) in [6.07, 6.45) is -9.96. The second-order valence-electron chi connectivity index (χ2n) is 5.89. The lowest BCUT2D eigenvalue weighted by Gasteiger charge is -2.11. The Balaban J connectivity index is 1.95. The lowest BCUT2D eigenvalue weighted by molar-refractivity contribution is -0.331. The molecule has 28 heavy (non-hydrogen) atoms. The van der Waals surface area contributed by atoms with E-state index in [-0.39, 0.29) is 18.4 Å². The number of nitrogens with one attached hydrogen (secondary N) is 2. The molecular weight excluding hydrogens is 388 g/mol. The molecule has 0 unspecified atom stereocenters. The maximum atomic E-state index is 13.2. The molecule has 4 nitrogen and oxygen atoms in total. The molecule has 0 aliphatic carbocycles. The van der Waals surface area contributed by atoms with Crippen LogP contribution in [0.4, 0.5) is 32.2 Å². The Bertz CT molecular complexity index is 984. The van der Waals surface area contributed by atoms with Crippen LogP contribution >= 0.6 is 0 Å². The highest BCUT2D eigenvalue weighted by Crippen LogP contribution is 2.37. The van der Waals surface area contributed by atoms with Gasteiger partial charge in [0.05, 0.1) is 24.6 Å². The Morgan fingerprint density at radius 1 is 0.964 bits per heavy atom. The lowest BCUT2D eigenvalue weighted by atomic mass is 10.1. The second kappa shape index (κ2) is 7.17. The molecule has 2 N–H and O–H groups in total. The average molecular weight is 402 g/mol. The van der Waals surface area contributed by atoms with Crippen molar-refractivity contribution >= 4 is 16.9 Å². The van der Waals surface area contributed by atoms with E-state index in [4.69, 9.17) is 4.74 Å². The third-order valence-corrected chi connectivity index (χ3v) is 3.97. The maximum Gasteiger partial charge on any atom is 0.449 e. The van der Waals surface area contributed by atoms with E-state index in [0.29, 0.717) is 5.75 Å². The summed E-state index contributed by atoms with van der Waals surface area (Å²) in [5, 5.41) is 2.46. The van der Waals surface area contributed by atoms with Crippen molar-refractivity contribution in [1.82, 2.24) is 4.98 Å². The number of hydrogen-bond donors (Lipinski definition) is 1. The smallest absolute Gasteiger partial charge is 0.449 e. The summed E-state index contributed by atoms with van der Waals surface area (Å²) in [7, 11) is 1.52. The number of benzene rings is 1. The van der Waals surface area contributed by atoms with Gasteiger partial charge in [-0.25, -0.2) is 4.98 Å². The highest BCUT2D eigenvalue weighted by molar-refractivity contribution is 5.78. The summed E-state index contributed by atoms with van der Waals surface area (Å²) in [6, 6.07) is 9.42. The molecule has 0 aliphatic rings. The number of ether oxygens (including phenoxy) is 1. The van der Waals surface area contributed by atoms with Crippen LogP contribution in [-0.4, -0.2) is 12.1 Å². The third kappa shape index (κ3) is 4.26. The van der Waals surface area contributed by atoms with Gasteiger partial charge in [0.25, 0.3) is 5.65 Å². The number of alkyl halides is 6. The molecule has 1 aromatic carbocycles. The van der Waals surface area contributed by atoms with Crippen LogP contribution in [0, 0.1) is 0 Å². The monoisotopic (exact) mass is 402 g/mol. The van der Waals surface area contributed by atoms with E-state index in [1.165, 1.54) is 13.2 Å². The number of aromatic amines is 1. The molecule has 0 saturated heterocycles. The Morgan fingerprint density at radius 3 is 2.21 bits per heavy atom. The molecule has 3 aromatic rings. The number of anilines is 1. The van der Waals surface area contributed by atoms with Crippen LogP contribution in [0.3, 0.4) is 0 Å². The van der Waals surface area contributed by atoms with Gasteiger partial charge in [-0.1, -0.05) is 17.1 Å². The molecule has 148 valence electrons. The van der Waals surface area contributed by atoms with E-state index < -0.39 is 34.6 Å². The highest BCUT2D eigenvalue weighted by atomic mass is 19.4. The topological polar surface area (TPSA) is 48.3 Å². The first-order chi connectivity index (χ1) is 13.1. The fourth-order valence-electron chi connectivity index (χ4n) is 2.58. The molecule has 0 aliphatic heterocycles. The van der Waals surface area contributed by atoms with Gasteiger partial charge < -0.3 is 10.1 Å². The average Bonchev–Trinajstić information content (AvgIpc) is 2.64. The zero-order valence-electron chi connectivity index (χ0n) is 14.4. The van der Waals surface area contributed by atoms with Gasteiger partial charge in [0.1, 0.15) is 5.75 Å². The van der Waals surface area contributed by atoms with Gasteiger partial charge in [-0.3, -0.25) is 0 Å². The van der Waals surface area contributed by atoms with Crippen LogP contribution < -0.4 is 15.0 Å². The molecule has 2 aromatic heterocycles. The Morgan fingerprint density at radius 2 is 1.64 bits per heavy atom. The summed E-state index contributed by atoms with van der Waals surface area (Å²) in [4.78, 5) is 5.82. The van der Waals surface area contributed by atoms with Crippen LogP contribution in [-0.2, 0) is 18.9 Å². The Labute approximate surface area is 155 Å². The van der Waals surface area contributed by atoms with E-state index in [1.807, 2.05) is 0 Å². The minimum atomic E-state index is -5.01. The van der Waals surface area contributed by atoms with Crippen LogP contribution in [0.2, 0.25) is 0 Å². The number of methoxy groups -OCH3 is 1. The van der Waals surface area contributed by atoms with E-state index in [2.05, 4.69) is 15.3 Å². The summed E-state index contributed by atoms with van der Waals surface area (Å²) in [6.45, 7) is 0.289. The predicted octanol–water partition coefficient (Wildman–Crippen LogP) is 4.71. The normalized spacial score (nSPS) is 12.2. The van der Waals surface area contributed by atoms with E-state index in [9.17, 15) is 26.3 Å². The first kappa shape index (κ1) is 19.7. The largest absolute Gasteiger partial charge is 0.497 e. The van der Waals surface area contributed by atoms with Crippen molar-refractivity contribution in [3.8, 4) is 5.75 Å². The number of aromatic nitrogens is 2. The summed E-state index contributed by atoms with van der Waals surface area (Å²) >= 11 is 0. The third-order valence-electron chi connectivity index (χ3n) is 3.97. The predicted molar refractivity (Wildman–Crippen MR) is 88.6 cm³/mol. The SMILES string of the molecule is COc1ccc(CNc2ccc3c(C(F)(F)F)cc(C(F)(F)F)nc3[nH+]2)cc1. The van der Waals surface area contributed by atoms with E-state index in [1.54, 1.807) is 24.3 Å². The molecule has 3 rings (SSSR count). The zero-order chi connectivity index (χ0) is 20.5. The summed E-state index contributed by atoms with van der Waals surface area (Å²) < 4.78 is 83.4. The number of H-pyrrole nitrogens is 1. The van der Waals surface area contributed by atoms with Crippen molar-refractivity contribution in [2.45, 2.75) is 18.9 Å². The minimum Gasteiger partial charge on any atom is -0.497 e. The van der Waals surface area contributed by atoms with Crippen molar-refractivity contribution < 1.29 is 36.1 Å². The van der Waals surface area contributed by atoms with Gasteiger partial charge in [-0.05, 0) is 29.8 Å². The first-order valence-corrected chi connectivity index (χ1v) is 7.96. The van der Waals surface area contributed by atoms with Crippen LogP contribution in [0.15, 0.2) is 42.5 Å². The van der Waals surface area contributed by atoms with Crippen LogP contribution in [0.25, 0.3) is 11.0 Å². The van der Waals surface area contributed by atoms with Gasteiger partial charge >= 0.3 is 12.4 Å². The Hall–Kier alpha value is -3.04. The van der Waals surface area contributed by atoms with Gasteiger partial charge in [-0.2, -0.15) is 26.3 Å². The lowest BCUT2D eigenvalue weighted by Crippen LogP contribution is -2.20. The quantitative estimate of drug-likeness (QED) is 0.644. The van der Waals surface area contributed by atoms with Crippen molar-refractivity contribution in [2.75, 3.05) is 12.4 Å². The fourth-order valence-corrected chi connectivity index (χ4v) is 2.58. The number of pyridine rings is 2. The molecule has 0 amide bonds. The standard InChI is InChI=1S/C18H13F6N3O/c1-28-11-4-2-10(3-5-11)9-25-15-7-6-12-13(17(19,20)21)8-14(18(22,23)24)26-16(12)27-15/h2-8H,9H2,1H3,(H,25,26,27)/p+1. The molecule has 0 radical (unpaired) electrons. The van der Waals surface area contributed by atoms with Gasteiger partial charge in [0.2, 0.25) is 11.5 Å².